The van der Waals surface area contributed by atoms with Gasteiger partial charge in [-0.05, 0) is 30.5 Å². The van der Waals surface area contributed by atoms with Crippen LogP contribution in [0, 0.1) is 0 Å². The smallest absolute Gasteiger partial charge is 0.192 e. The number of thioether (sulfide) groups is 1. The van der Waals surface area contributed by atoms with Crippen LogP contribution in [-0.4, -0.2) is 24.3 Å². The SMILES string of the molecule is c1ccc(Cn2ccnc2CSc2nnc(C3CC3)n2Cc2ccco2)cc1. The molecular formula is C21H21N5OS. The van der Waals surface area contributed by atoms with Crippen LogP contribution in [0.4, 0.5) is 0 Å². The molecule has 7 heteroatoms. The number of benzene rings is 1. The monoisotopic (exact) mass is 391 g/mol. The molecule has 28 heavy (non-hydrogen) atoms. The first kappa shape index (κ1) is 17.3. The van der Waals surface area contributed by atoms with E-state index in [1.165, 1.54) is 18.4 Å². The Morgan fingerprint density at radius 3 is 2.71 bits per heavy atom. The second-order valence-corrected chi connectivity index (χ2v) is 7.97. The van der Waals surface area contributed by atoms with Crippen LogP contribution in [-0.2, 0) is 18.8 Å². The van der Waals surface area contributed by atoms with Gasteiger partial charge in [-0.25, -0.2) is 4.98 Å². The molecule has 0 unspecified atom stereocenters. The Kier molecular flexibility index (Phi) is 4.74. The number of imidazole rings is 1. The predicted octanol–water partition coefficient (Wildman–Crippen LogP) is 4.33. The maximum Gasteiger partial charge on any atom is 0.192 e. The summed E-state index contributed by atoms with van der Waals surface area (Å²) in [6, 6.07) is 14.4. The molecular weight excluding hydrogens is 370 g/mol. The second-order valence-electron chi connectivity index (χ2n) is 7.03. The van der Waals surface area contributed by atoms with Gasteiger partial charge in [0.15, 0.2) is 5.16 Å². The molecule has 0 saturated heterocycles. The minimum absolute atomic E-state index is 0.539. The fourth-order valence-electron chi connectivity index (χ4n) is 3.29. The quantitative estimate of drug-likeness (QED) is 0.418. The number of hydrogen-bond acceptors (Lipinski definition) is 5. The van der Waals surface area contributed by atoms with E-state index in [1.54, 1.807) is 18.0 Å². The van der Waals surface area contributed by atoms with Crippen LogP contribution in [0.3, 0.4) is 0 Å². The molecule has 0 bridgehead atoms. The van der Waals surface area contributed by atoms with Gasteiger partial charge in [0.05, 0.1) is 18.6 Å². The maximum atomic E-state index is 5.55. The van der Waals surface area contributed by atoms with Crippen molar-refractivity contribution in [3.05, 3.63) is 84.1 Å². The molecule has 0 spiro atoms. The average molecular weight is 392 g/mol. The standard InChI is InChI=1S/C21H21N5OS/c1-2-5-16(6-3-1)13-25-11-10-22-19(25)15-28-21-24-23-20(17-8-9-17)26(21)14-18-7-4-12-27-18/h1-7,10-12,17H,8-9,13-15H2. The van der Waals surface area contributed by atoms with E-state index in [1.807, 2.05) is 30.6 Å². The number of aromatic nitrogens is 5. The zero-order chi connectivity index (χ0) is 18.8. The summed E-state index contributed by atoms with van der Waals surface area (Å²) < 4.78 is 9.94. The summed E-state index contributed by atoms with van der Waals surface area (Å²) in [5, 5.41) is 9.86. The first-order valence-corrected chi connectivity index (χ1v) is 10.5. The van der Waals surface area contributed by atoms with Gasteiger partial charge in [-0.1, -0.05) is 42.1 Å². The summed E-state index contributed by atoms with van der Waals surface area (Å²) in [6.45, 7) is 1.50. The van der Waals surface area contributed by atoms with Crippen LogP contribution in [0.2, 0.25) is 0 Å². The molecule has 0 aliphatic heterocycles. The number of furan rings is 1. The zero-order valence-corrected chi connectivity index (χ0v) is 16.3. The Morgan fingerprint density at radius 1 is 1.04 bits per heavy atom. The van der Waals surface area contributed by atoms with Crippen LogP contribution in [0.15, 0.2) is 70.7 Å². The third-order valence-electron chi connectivity index (χ3n) is 4.91. The molecule has 3 aromatic heterocycles. The summed E-state index contributed by atoms with van der Waals surface area (Å²) in [5.41, 5.74) is 1.27. The van der Waals surface area contributed by atoms with Crippen LogP contribution < -0.4 is 0 Å². The van der Waals surface area contributed by atoms with Crippen molar-refractivity contribution in [3.8, 4) is 0 Å². The highest BCUT2D eigenvalue weighted by molar-refractivity contribution is 7.98. The van der Waals surface area contributed by atoms with E-state index in [0.29, 0.717) is 12.5 Å². The van der Waals surface area contributed by atoms with E-state index in [4.69, 9.17) is 4.42 Å². The highest BCUT2D eigenvalue weighted by Gasteiger charge is 2.30. The Bertz CT molecular complexity index is 1030. The average Bonchev–Trinajstić information content (AvgIpc) is 3.09. The van der Waals surface area contributed by atoms with Gasteiger partial charge in [-0.2, -0.15) is 0 Å². The molecule has 142 valence electrons. The van der Waals surface area contributed by atoms with Crippen LogP contribution in [0.1, 0.15) is 41.7 Å². The normalized spacial score (nSPS) is 13.9. The van der Waals surface area contributed by atoms with Gasteiger partial charge in [0.1, 0.15) is 17.4 Å². The number of nitrogens with zero attached hydrogens (tertiary/aromatic N) is 5. The van der Waals surface area contributed by atoms with Crippen molar-refractivity contribution < 1.29 is 4.42 Å². The Labute approximate surface area is 167 Å². The van der Waals surface area contributed by atoms with Gasteiger partial charge in [-0.3, -0.25) is 4.57 Å². The van der Waals surface area contributed by atoms with E-state index in [0.717, 1.165) is 34.9 Å². The van der Waals surface area contributed by atoms with E-state index in [2.05, 4.69) is 48.6 Å². The molecule has 6 nitrogen and oxygen atoms in total. The topological polar surface area (TPSA) is 61.7 Å². The number of rotatable bonds is 8. The van der Waals surface area contributed by atoms with E-state index in [-0.39, 0.29) is 0 Å². The third kappa shape index (κ3) is 3.75. The molecule has 1 aliphatic carbocycles. The summed E-state index contributed by atoms with van der Waals surface area (Å²) in [4.78, 5) is 4.55. The van der Waals surface area contributed by atoms with Crippen molar-refractivity contribution in [3.63, 3.8) is 0 Å². The lowest BCUT2D eigenvalue weighted by Crippen LogP contribution is -2.06. The van der Waals surface area contributed by atoms with Crippen molar-refractivity contribution in [1.82, 2.24) is 24.3 Å². The molecule has 4 aromatic rings. The summed E-state index contributed by atoms with van der Waals surface area (Å²) in [6.07, 6.45) is 8.00. The van der Waals surface area contributed by atoms with E-state index in [9.17, 15) is 0 Å². The molecule has 1 saturated carbocycles. The fourth-order valence-corrected chi connectivity index (χ4v) is 4.20. The summed E-state index contributed by atoms with van der Waals surface area (Å²) in [5.74, 6) is 4.33. The third-order valence-corrected chi connectivity index (χ3v) is 5.87. The van der Waals surface area contributed by atoms with E-state index >= 15 is 0 Å². The van der Waals surface area contributed by atoms with Gasteiger partial charge in [0.2, 0.25) is 0 Å². The predicted molar refractivity (Wildman–Crippen MR) is 107 cm³/mol. The Morgan fingerprint density at radius 2 is 1.93 bits per heavy atom. The van der Waals surface area contributed by atoms with Crippen molar-refractivity contribution in [2.45, 2.75) is 42.8 Å². The van der Waals surface area contributed by atoms with Crippen molar-refractivity contribution in [2.75, 3.05) is 0 Å². The molecule has 0 atom stereocenters. The molecule has 1 aromatic carbocycles. The van der Waals surface area contributed by atoms with Crippen molar-refractivity contribution in [1.29, 1.82) is 0 Å². The molecule has 0 N–H and O–H groups in total. The Hall–Kier alpha value is -2.80. The first-order valence-electron chi connectivity index (χ1n) is 9.49. The van der Waals surface area contributed by atoms with Crippen LogP contribution >= 0.6 is 11.8 Å². The molecule has 0 amide bonds. The van der Waals surface area contributed by atoms with Crippen LogP contribution in [0.25, 0.3) is 0 Å². The minimum atomic E-state index is 0.539. The van der Waals surface area contributed by atoms with Gasteiger partial charge >= 0.3 is 0 Å². The van der Waals surface area contributed by atoms with Gasteiger partial charge < -0.3 is 8.98 Å². The largest absolute Gasteiger partial charge is 0.467 e. The van der Waals surface area contributed by atoms with Gasteiger partial charge in [-0.15, -0.1) is 10.2 Å². The fraction of sp³-hybridized carbons (Fsp3) is 0.286. The maximum absolute atomic E-state index is 5.55. The Balaban J connectivity index is 1.33. The van der Waals surface area contributed by atoms with E-state index < -0.39 is 0 Å². The molecule has 0 radical (unpaired) electrons. The van der Waals surface area contributed by atoms with Crippen LogP contribution in [0.5, 0.6) is 0 Å². The highest BCUT2D eigenvalue weighted by atomic mass is 32.2. The first-order chi connectivity index (χ1) is 13.9. The highest BCUT2D eigenvalue weighted by Crippen LogP contribution is 2.40. The number of hydrogen-bond donors (Lipinski definition) is 0. The summed E-state index contributed by atoms with van der Waals surface area (Å²) in [7, 11) is 0. The van der Waals surface area contributed by atoms with Crippen molar-refractivity contribution >= 4 is 11.8 Å². The minimum Gasteiger partial charge on any atom is -0.467 e. The molecule has 1 fully saturated rings. The molecule has 3 heterocycles. The lowest BCUT2D eigenvalue weighted by atomic mass is 10.2. The lowest BCUT2D eigenvalue weighted by Gasteiger charge is -2.10. The van der Waals surface area contributed by atoms with Gasteiger partial charge in [0, 0.05) is 24.9 Å². The molecule has 1 aliphatic rings. The summed E-state index contributed by atoms with van der Waals surface area (Å²) >= 11 is 1.68. The van der Waals surface area contributed by atoms with Crippen molar-refractivity contribution in [2.24, 2.45) is 0 Å². The zero-order valence-electron chi connectivity index (χ0n) is 15.4. The molecule has 5 rings (SSSR count). The second kappa shape index (κ2) is 7.67. The lowest BCUT2D eigenvalue weighted by molar-refractivity contribution is 0.478. The van der Waals surface area contributed by atoms with Gasteiger partial charge in [0.25, 0.3) is 0 Å².